The topological polar surface area (TPSA) is 214 Å². The van der Waals surface area contributed by atoms with Crippen LogP contribution in [0.5, 0.6) is 46.0 Å². The van der Waals surface area contributed by atoms with E-state index in [1.807, 2.05) is 72.8 Å². The number of H-pyrrole nitrogens is 2. The van der Waals surface area contributed by atoms with Crippen LogP contribution in [0, 0.1) is 0 Å². The summed E-state index contributed by atoms with van der Waals surface area (Å²) in [4.78, 5) is 83.6. The largest absolute Gasteiger partial charge is 0.457 e. The monoisotopic (exact) mass is 994 g/mol. The number of nitrogens with one attached hydrogen (secondary N) is 2. The van der Waals surface area contributed by atoms with Crippen molar-refractivity contribution in [1.29, 1.82) is 0 Å². The first kappa shape index (κ1) is 44.9. The normalized spacial score (nSPS) is 11.4. The van der Waals surface area contributed by atoms with Crippen molar-refractivity contribution in [2.45, 2.75) is 0 Å². The number of benzene rings is 8. The molecule has 8 aromatic carbocycles. The van der Waals surface area contributed by atoms with Crippen LogP contribution in [0.2, 0.25) is 0 Å². The molecule has 0 saturated heterocycles. The van der Waals surface area contributed by atoms with Crippen LogP contribution >= 0.6 is 0 Å². The van der Waals surface area contributed by atoms with E-state index in [2.05, 4.69) is 9.97 Å². The first-order chi connectivity index (χ1) is 37.3. The SMILES string of the molecule is O=Cc1ccc(Oc2ccc3c(c2)-c2nc-3nc3[nH]c(nc4nc(nc5[nH]c(n2)c2ccc(Oc6ccc(C=O)cc6)cc52)-c2ccc(Oc5ccc(C=O)cc5)cc2-4)c2ccc(Oc4ccc(C=O)cc4)cc32)cc1. The third-order valence-corrected chi connectivity index (χ3v) is 12.7. The zero-order valence-corrected chi connectivity index (χ0v) is 39.4. The second kappa shape index (κ2) is 18.6. The van der Waals surface area contributed by atoms with Crippen LogP contribution in [0.15, 0.2) is 170 Å². The molecular weight excluding hydrogens is 961 g/mol. The molecule has 11 aromatic rings. The number of rotatable bonds is 12. The van der Waals surface area contributed by atoms with Gasteiger partial charge in [-0.15, -0.1) is 0 Å². The third-order valence-electron chi connectivity index (χ3n) is 12.7. The highest BCUT2D eigenvalue weighted by Gasteiger charge is 2.24. The number of aromatic amines is 2. The Kier molecular flexibility index (Phi) is 11.0. The van der Waals surface area contributed by atoms with E-state index in [4.69, 9.17) is 48.9 Å². The molecule has 0 spiro atoms. The Morgan fingerprint density at radius 3 is 0.842 bits per heavy atom. The van der Waals surface area contributed by atoms with Crippen LogP contribution in [0.1, 0.15) is 41.4 Å². The molecule has 0 aliphatic carbocycles. The summed E-state index contributed by atoms with van der Waals surface area (Å²) in [7, 11) is 0. The van der Waals surface area contributed by atoms with E-state index in [9.17, 15) is 19.2 Å². The van der Waals surface area contributed by atoms with Gasteiger partial charge in [-0.3, -0.25) is 19.2 Å². The molecule has 16 nitrogen and oxygen atoms in total. The van der Waals surface area contributed by atoms with Gasteiger partial charge in [-0.25, -0.2) is 29.9 Å². The molecule has 5 heterocycles. The fraction of sp³-hybridized carbons (Fsp3) is 0. The fourth-order valence-electron chi connectivity index (χ4n) is 8.97. The molecule has 13 rings (SSSR count). The van der Waals surface area contributed by atoms with Crippen LogP contribution in [0.4, 0.5) is 0 Å². The summed E-state index contributed by atoms with van der Waals surface area (Å²) >= 11 is 0. The lowest BCUT2D eigenvalue weighted by molar-refractivity contribution is 0.111. The predicted octanol–water partition coefficient (Wildman–Crippen LogP) is 13.3. The van der Waals surface area contributed by atoms with Gasteiger partial charge < -0.3 is 28.9 Å². The summed E-state index contributed by atoms with van der Waals surface area (Å²) < 4.78 is 25.2. The van der Waals surface area contributed by atoms with Gasteiger partial charge in [0.2, 0.25) is 0 Å². The summed E-state index contributed by atoms with van der Waals surface area (Å²) in [5, 5.41) is 2.68. The molecule has 0 atom stereocenters. The zero-order valence-electron chi connectivity index (χ0n) is 39.4. The summed E-state index contributed by atoms with van der Waals surface area (Å²) in [5.74, 6) is 5.40. The van der Waals surface area contributed by atoms with Crippen LogP contribution < -0.4 is 18.9 Å². The minimum Gasteiger partial charge on any atom is -0.457 e. The molecule has 2 aliphatic heterocycles. The minimum absolute atomic E-state index is 0.323. The summed E-state index contributed by atoms with van der Waals surface area (Å²) in [6.07, 6.45) is 3.09. The Balaban J connectivity index is 1.05. The van der Waals surface area contributed by atoms with Gasteiger partial charge in [0.05, 0.1) is 0 Å². The number of aromatic nitrogens is 8. The third kappa shape index (κ3) is 8.48. The van der Waals surface area contributed by atoms with Gasteiger partial charge in [0.1, 0.15) is 93.7 Å². The molecule has 2 aliphatic rings. The highest BCUT2D eigenvalue weighted by Crippen LogP contribution is 2.42. The number of hydrogen-bond acceptors (Lipinski definition) is 14. The Labute approximate surface area is 429 Å². The highest BCUT2D eigenvalue weighted by atomic mass is 16.5. The molecule has 0 radical (unpaired) electrons. The number of aldehydes is 4. The summed E-state index contributed by atoms with van der Waals surface area (Å²) in [5.41, 5.74) is 6.32. The molecule has 362 valence electrons. The van der Waals surface area contributed by atoms with Crippen LogP contribution in [0.3, 0.4) is 0 Å². The summed E-state index contributed by atoms with van der Waals surface area (Å²) in [6, 6.07) is 49.4. The number of ether oxygens (including phenoxy) is 4. The molecule has 0 saturated carbocycles. The van der Waals surface area contributed by atoms with Crippen molar-refractivity contribution >= 4 is 69.3 Å². The van der Waals surface area contributed by atoms with Crippen molar-refractivity contribution in [2.24, 2.45) is 0 Å². The second-order valence-corrected chi connectivity index (χ2v) is 17.6. The van der Waals surface area contributed by atoms with E-state index in [0.717, 1.165) is 25.1 Å². The van der Waals surface area contributed by atoms with Gasteiger partial charge >= 0.3 is 0 Å². The van der Waals surface area contributed by atoms with E-state index in [1.54, 1.807) is 97.1 Å². The van der Waals surface area contributed by atoms with E-state index < -0.39 is 0 Å². The standard InChI is InChI=1S/C60H34N8O8/c69-29-33-1-9-37(10-2-33)73-41-17-21-45-49(25-41)57-61-53(45)66-58-51-27-43(75-39-13-5-35(31-71)6-14-39)19-23-47(51)55(63-58)68-60-52-28-44(76-40-15-7-36(32-72)8-16-40)20-24-48(52)56(64-60)67-59-50-26-42(18-22-46(50)54(62-59)65-57)74-38-11-3-34(30-70)4-12-38/h1-32H,(H2,61,62,63,64,65,66,67,68). The highest BCUT2D eigenvalue weighted by molar-refractivity contribution is 6.07. The fourth-order valence-corrected chi connectivity index (χ4v) is 8.97. The van der Waals surface area contributed by atoms with Gasteiger partial charge in [0, 0.05) is 66.1 Å². The Hall–Kier alpha value is -11.0. The number of carbonyl (C=O) groups excluding carboxylic acids is 4. The van der Waals surface area contributed by atoms with Gasteiger partial charge in [-0.2, -0.15) is 0 Å². The molecule has 16 heteroatoms. The molecule has 0 unspecified atom stereocenters. The Bertz CT molecular complexity index is 4090. The number of fused-ring (bicyclic) bond motifs is 20. The van der Waals surface area contributed by atoms with Crippen molar-refractivity contribution in [1.82, 2.24) is 39.9 Å². The zero-order chi connectivity index (χ0) is 51.3. The Morgan fingerprint density at radius 2 is 0.526 bits per heavy atom. The lowest BCUT2D eigenvalue weighted by Crippen LogP contribution is -1.88. The molecule has 8 bridgehead atoms. The van der Waals surface area contributed by atoms with Crippen molar-refractivity contribution < 1.29 is 38.1 Å². The first-order valence-corrected chi connectivity index (χ1v) is 23.7. The van der Waals surface area contributed by atoms with E-state index in [1.165, 1.54) is 0 Å². The van der Waals surface area contributed by atoms with Gasteiger partial charge in [-0.05, 0) is 170 Å². The molecular formula is C60H34N8O8. The van der Waals surface area contributed by atoms with E-state index in [0.29, 0.717) is 158 Å². The van der Waals surface area contributed by atoms with Crippen molar-refractivity contribution in [3.05, 3.63) is 192 Å². The van der Waals surface area contributed by atoms with Crippen LogP contribution in [-0.2, 0) is 0 Å². The average molecular weight is 995 g/mol. The van der Waals surface area contributed by atoms with Crippen molar-refractivity contribution in [3.8, 4) is 91.5 Å². The molecule has 3 aromatic heterocycles. The van der Waals surface area contributed by atoms with E-state index >= 15 is 0 Å². The smallest absolute Gasteiger partial charge is 0.164 e. The first-order valence-electron chi connectivity index (χ1n) is 23.7. The van der Waals surface area contributed by atoms with Crippen LogP contribution in [0.25, 0.3) is 89.7 Å². The lowest BCUT2D eigenvalue weighted by Gasteiger charge is -2.08. The maximum Gasteiger partial charge on any atom is 0.164 e. The second-order valence-electron chi connectivity index (χ2n) is 17.6. The number of hydrogen-bond donors (Lipinski definition) is 2. The minimum atomic E-state index is 0.323. The molecule has 0 amide bonds. The Morgan fingerprint density at radius 1 is 0.263 bits per heavy atom. The quantitative estimate of drug-likeness (QED) is 0.109. The predicted molar refractivity (Wildman–Crippen MR) is 284 cm³/mol. The molecule has 2 N–H and O–H groups in total. The van der Waals surface area contributed by atoms with Crippen LogP contribution in [-0.4, -0.2) is 65.0 Å². The maximum atomic E-state index is 11.4. The lowest BCUT2D eigenvalue weighted by atomic mass is 10.1. The van der Waals surface area contributed by atoms with Crippen molar-refractivity contribution in [3.63, 3.8) is 0 Å². The summed E-state index contributed by atoms with van der Waals surface area (Å²) in [6.45, 7) is 0. The van der Waals surface area contributed by atoms with Gasteiger partial charge in [-0.1, -0.05) is 0 Å². The molecule has 0 fully saturated rings. The van der Waals surface area contributed by atoms with E-state index in [-0.39, 0.29) is 0 Å². The van der Waals surface area contributed by atoms with Gasteiger partial charge in [0.25, 0.3) is 0 Å². The number of carbonyl (C=O) groups is 4. The molecule has 76 heavy (non-hydrogen) atoms. The average Bonchev–Trinajstić information content (AvgIpc) is 4.20. The maximum absolute atomic E-state index is 11.4. The van der Waals surface area contributed by atoms with Gasteiger partial charge in [0.15, 0.2) is 23.3 Å². The van der Waals surface area contributed by atoms with Crippen molar-refractivity contribution in [2.75, 3.05) is 0 Å². The number of nitrogens with zero attached hydrogens (tertiary/aromatic N) is 6.